The van der Waals surface area contributed by atoms with Gasteiger partial charge in [-0.2, -0.15) is 0 Å². The fourth-order valence-corrected chi connectivity index (χ4v) is 2.57. The SMILES string of the molecule is CC(C)Oc1ccc(C2NCCCC2CO)cc1. The van der Waals surface area contributed by atoms with Crippen molar-refractivity contribution in [3.8, 4) is 5.75 Å². The molecule has 0 bridgehead atoms. The summed E-state index contributed by atoms with van der Waals surface area (Å²) < 4.78 is 5.64. The average Bonchev–Trinajstić information content (AvgIpc) is 2.39. The van der Waals surface area contributed by atoms with Crippen LogP contribution in [-0.4, -0.2) is 24.4 Å². The van der Waals surface area contributed by atoms with Gasteiger partial charge in [-0.15, -0.1) is 0 Å². The molecule has 1 aliphatic heterocycles. The lowest BCUT2D eigenvalue weighted by Gasteiger charge is -2.31. The molecule has 3 heteroatoms. The molecule has 1 aliphatic rings. The number of aliphatic hydroxyl groups excluding tert-OH is 1. The maximum absolute atomic E-state index is 9.43. The van der Waals surface area contributed by atoms with Crippen LogP contribution in [0.3, 0.4) is 0 Å². The number of piperidine rings is 1. The zero-order valence-corrected chi connectivity index (χ0v) is 11.2. The van der Waals surface area contributed by atoms with Gasteiger partial charge in [-0.25, -0.2) is 0 Å². The van der Waals surface area contributed by atoms with E-state index in [4.69, 9.17) is 4.74 Å². The minimum atomic E-state index is 0.203. The minimum absolute atomic E-state index is 0.203. The van der Waals surface area contributed by atoms with Gasteiger partial charge in [0.1, 0.15) is 5.75 Å². The number of rotatable bonds is 4. The maximum Gasteiger partial charge on any atom is 0.119 e. The van der Waals surface area contributed by atoms with Gasteiger partial charge in [-0.1, -0.05) is 12.1 Å². The van der Waals surface area contributed by atoms with Gasteiger partial charge in [0.25, 0.3) is 0 Å². The Kier molecular flexibility index (Phi) is 4.61. The van der Waals surface area contributed by atoms with Gasteiger partial charge >= 0.3 is 0 Å². The van der Waals surface area contributed by atoms with Crippen LogP contribution in [0, 0.1) is 5.92 Å². The second-order valence-corrected chi connectivity index (χ2v) is 5.25. The molecule has 0 saturated carbocycles. The molecule has 0 amide bonds. The van der Waals surface area contributed by atoms with Gasteiger partial charge in [0.15, 0.2) is 0 Å². The zero-order valence-electron chi connectivity index (χ0n) is 11.2. The predicted molar refractivity (Wildman–Crippen MR) is 72.8 cm³/mol. The highest BCUT2D eigenvalue weighted by Gasteiger charge is 2.25. The lowest BCUT2D eigenvalue weighted by Crippen LogP contribution is -2.35. The van der Waals surface area contributed by atoms with Crippen LogP contribution in [0.25, 0.3) is 0 Å². The highest BCUT2D eigenvalue weighted by atomic mass is 16.5. The molecule has 1 heterocycles. The van der Waals surface area contributed by atoms with Crippen LogP contribution in [0.4, 0.5) is 0 Å². The number of ether oxygens (including phenoxy) is 1. The molecular formula is C15H23NO2. The van der Waals surface area contributed by atoms with Crippen LogP contribution < -0.4 is 10.1 Å². The Hall–Kier alpha value is -1.06. The number of aliphatic hydroxyl groups is 1. The van der Waals surface area contributed by atoms with Gasteiger partial charge < -0.3 is 15.2 Å². The first kappa shape index (κ1) is 13.4. The Morgan fingerprint density at radius 2 is 2.06 bits per heavy atom. The largest absolute Gasteiger partial charge is 0.491 e. The summed E-state index contributed by atoms with van der Waals surface area (Å²) in [4.78, 5) is 0. The van der Waals surface area contributed by atoms with Crippen molar-refractivity contribution in [3.63, 3.8) is 0 Å². The fraction of sp³-hybridized carbons (Fsp3) is 0.600. The van der Waals surface area contributed by atoms with Crippen molar-refractivity contribution in [1.82, 2.24) is 5.32 Å². The number of hydrogen-bond donors (Lipinski definition) is 2. The molecule has 0 aliphatic carbocycles. The Morgan fingerprint density at radius 1 is 1.33 bits per heavy atom. The van der Waals surface area contributed by atoms with E-state index in [0.717, 1.165) is 25.1 Å². The normalized spacial score (nSPS) is 24.2. The van der Waals surface area contributed by atoms with E-state index in [1.165, 1.54) is 5.56 Å². The summed E-state index contributed by atoms with van der Waals surface area (Å²) in [5.74, 6) is 1.24. The van der Waals surface area contributed by atoms with E-state index in [0.29, 0.717) is 5.92 Å². The van der Waals surface area contributed by atoms with Crippen LogP contribution in [0.5, 0.6) is 5.75 Å². The Balaban J connectivity index is 2.07. The lowest BCUT2D eigenvalue weighted by molar-refractivity contribution is 0.160. The molecule has 1 fully saturated rings. The summed E-state index contributed by atoms with van der Waals surface area (Å²) in [6.45, 7) is 5.34. The molecule has 0 aromatic heterocycles. The minimum Gasteiger partial charge on any atom is -0.491 e. The summed E-state index contributed by atoms with van der Waals surface area (Å²) in [7, 11) is 0. The van der Waals surface area contributed by atoms with Gasteiger partial charge in [-0.05, 0) is 50.9 Å². The molecule has 0 radical (unpaired) electrons. The number of nitrogens with one attached hydrogen (secondary N) is 1. The summed E-state index contributed by atoms with van der Waals surface area (Å²) in [5.41, 5.74) is 1.24. The number of hydrogen-bond acceptors (Lipinski definition) is 3. The van der Waals surface area contributed by atoms with Gasteiger partial charge in [0, 0.05) is 18.6 Å². The van der Waals surface area contributed by atoms with Gasteiger partial charge in [-0.3, -0.25) is 0 Å². The first-order valence-electron chi connectivity index (χ1n) is 6.81. The lowest BCUT2D eigenvalue weighted by atomic mass is 9.87. The average molecular weight is 249 g/mol. The summed E-state index contributed by atoms with van der Waals surface area (Å²) in [6.07, 6.45) is 2.45. The van der Waals surface area contributed by atoms with Gasteiger partial charge in [0.05, 0.1) is 6.10 Å². The van der Waals surface area contributed by atoms with E-state index in [1.807, 2.05) is 26.0 Å². The molecule has 18 heavy (non-hydrogen) atoms. The van der Waals surface area contributed by atoms with Crippen molar-refractivity contribution in [2.75, 3.05) is 13.2 Å². The first-order valence-corrected chi connectivity index (χ1v) is 6.81. The quantitative estimate of drug-likeness (QED) is 0.861. The van der Waals surface area contributed by atoms with Crippen LogP contribution in [0.2, 0.25) is 0 Å². The zero-order chi connectivity index (χ0) is 13.0. The Bertz CT molecular complexity index is 361. The van der Waals surface area contributed by atoms with E-state index in [9.17, 15) is 5.11 Å². The van der Waals surface area contributed by atoms with Crippen LogP contribution in [0.15, 0.2) is 24.3 Å². The smallest absolute Gasteiger partial charge is 0.119 e. The second kappa shape index (κ2) is 6.21. The second-order valence-electron chi connectivity index (χ2n) is 5.25. The van der Waals surface area contributed by atoms with Crippen molar-refractivity contribution in [2.24, 2.45) is 5.92 Å². The molecule has 1 aromatic rings. The molecule has 2 atom stereocenters. The molecule has 2 rings (SSSR count). The molecule has 1 aromatic carbocycles. The molecule has 2 N–H and O–H groups in total. The van der Waals surface area contributed by atoms with E-state index in [1.54, 1.807) is 0 Å². The van der Waals surface area contributed by atoms with E-state index < -0.39 is 0 Å². The predicted octanol–water partition coefficient (Wildman–Crippen LogP) is 2.51. The Morgan fingerprint density at radius 3 is 2.67 bits per heavy atom. The molecule has 3 nitrogen and oxygen atoms in total. The van der Waals surface area contributed by atoms with Crippen LogP contribution in [-0.2, 0) is 0 Å². The maximum atomic E-state index is 9.43. The van der Waals surface area contributed by atoms with E-state index in [-0.39, 0.29) is 18.8 Å². The molecule has 100 valence electrons. The highest BCUT2D eigenvalue weighted by Crippen LogP contribution is 2.29. The standard InChI is InChI=1S/C15H23NO2/c1-11(2)18-14-7-5-12(6-8-14)15-13(10-17)4-3-9-16-15/h5-8,11,13,15-17H,3-4,9-10H2,1-2H3. The first-order chi connectivity index (χ1) is 8.70. The molecular weight excluding hydrogens is 226 g/mol. The molecule has 0 spiro atoms. The molecule has 1 saturated heterocycles. The van der Waals surface area contributed by atoms with E-state index >= 15 is 0 Å². The molecule has 2 unspecified atom stereocenters. The third-order valence-electron chi connectivity index (χ3n) is 3.43. The van der Waals surface area contributed by atoms with E-state index in [2.05, 4.69) is 17.4 Å². The third-order valence-corrected chi connectivity index (χ3v) is 3.43. The van der Waals surface area contributed by atoms with Crippen molar-refractivity contribution in [3.05, 3.63) is 29.8 Å². The van der Waals surface area contributed by atoms with Crippen LogP contribution in [0.1, 0.15) is 38.3 Å². The van der Waals surface area contributed by atoms with Crippen molar-refractivity contribution < 1.29 is 9.84 Å². The monoisotopic (exact) mass is 249 g/mol. The van der Waals surface area contributed by atoms with Gasteiger partial charge in [0.2, 0.25) is 0 Å². The summed E-state index contributed by atoms with van der Waals surface area (Å²) >= 11 is 0. The van der Waals surface area contributed by atoms with Crippen molar-refractivity contribution in [2.45, 2.75) is 38.8 Å². The number of benzene rings is 1. The fourth-order valence-electron chi connectivity index (χ4n) is 2.57. The summed E-state index contributed by atoms with van der Waals surface area (Å²) in [5, 5.41) is 12.9. The van der Waals surface area contributed by atoms with Crippen molar-refractivity contribution in [1.29, 1.82) is 0 Å². The highest BCUT2D eigenvalue weighted by molar-refractivity contribution is 5.30. The van der Waals surface area contributed by atoms with Crippen LogP contribution >= 0.6 is 0 Å². The Labute approximate surface area is 109 Å². The van der Waals surface area contributed by atoms with Crippen molar-refractivity contribution >= 4 is 0 Å². The third kappa shape index (κ3) is 3.24. The topological polar surface area (TPSA) is 41.5 Å². The summed E-state index contributed by atoms with van der Waals surface area (Å²) in [6, 6.07) is 8.50.